The molecule has 1 aliphatic carbocycles. The molecule has 45 heavy (non-hydrogen) atoms. The Balaban J connectivity index is 0.00000400. The molecule has 3 saturated heterocycles. The van der Waals surface area contributed by atoms with Gasteiger partial charge in [-0.25, -0.2) is 14.5 Å². The first kappa shape index (κ1) is 34.3. The van der Waals surface area contributed by atoms with Crippen molar-refractivity contribution in [3.63, 3.8) is 0 Å². The number of carbonyl (C=O) groups excluding carboxylic acids is 5. The van der Waals surface area contributed by atoms with Gasteiger partial charge >= 0.3 is 41.6 Å². The number of urea groups is 2. The molecule has 1 unspecified atom stereocenters. The molecule has 3 N–H and O–H groups in total. The van der Waals surface area contributed by atoms with Gasteiger partial charge < -0.3 is 25.9 Å². The SMILES string of the molecule is O=C(CC1=C(NC(=O)N2CCNC2=O)C(=NC2SCCS2)CC=C1)NC1C(=O)N2C(C(=O)[O-])=C(CSc3nncs3)CS[C@@H]12.[Na+]. The number of amides is 6. The van der Waals surface area contributed by atoms with Gasteiger partial charge in [0.05, 0.1) is 29.5 Å². The fraction of sp³-hybridized carbons (Fsp3) is 0.440. The number of carboxylic acids is 1. The third-order valence-corrected chi connectivity index (χ3v) is 13.1. The van der Waals surface area contributed by atoms with E-state index >= 15 is 0 Å². The molecule has 6 amide bonds. The van der Waals surface area contributed by atoms with Gasteiger partial charge in [-0.15, -0.1) is 45.5 Å². The maximum Gasteiger partial charge on any atom is 1.00 e. The van der Waals surface area contributed by atoms with E-state index in [1.165, 1.54) is 39.8 Å². The molecule has 1 aromatic rings. The summed E-state index contributed by atoms with van der Waals surface area (Å²) in [4.78, 5) is 70.7. The van der Waals surface area contributed by atoms with Gasteiger partial charge in [0.25, 0.3) is 5.91 Å². The number of carboxylic acid groups (broad SMARTS) is 1. The van der Waals surface area contributed by atoms with Crippen molar-refractivity contribution in [3.05, 3.63) is 40.2 Å². The molecule has 2 atom stereocenters. The van der Waals surface area contributed by atoms with Crippen molar-refractivity contribution < 1.29 is 58.6 Å². The monoisotopic (exact) mass is 716 g/mol. The van der Waals surface area contributed by atoms with Crippen LogP contribution in [0.3, 0.4) is 0 Å². The molecule has 6 rings (SSSR count). The van der Waals surface area contributed by atoms with Crippen LogP contribution in [0.2, 0.25) is 0 Å². The van der Waals surface area contributed by atoms with E-state index in [1.807, 2.05) is 6.08 Å². The van der Waals surface area contributed by atoms with E-state index in [9.17, 15) is 29.1 Å². The first-order valence-corrected chi connectivity index (χ1v) is 18.4. The topological polar surface area (TPSA) is 189 Å². The van der Waals surface area contributed by atoms with Crippen molar-refractivity contribution in [2.45, 2.75) is 33.3 Å². The molecule has 20 heteroatoms. The smallest absolute Gasteiger partial charge is 0.543 e. The van der Waals surface area contributed by atoms with Crippen molar-refractivity contribution in [2.24, 2.45) is 4.99 Å². The molecule has 14 nitrogen and oxygen atoms in total. The average molecular weight is 717 g/mol. The molecule has 232 valence electrons. The summed E-state index contributed by atoms with van der Waals surface area (Å²) >= 11 is 7.42. The van der Waals surface area contributed by atoms with Crippen molar-refractivity contribution >= 4 is 93.9 Å². The minimum Gasteiger partial charge on any atom is -0.543 e. The van der Waals surface area contributed by atoms with Crippen molar-refractivity contribution in [1.82, 2.24) is 35.9 Å². The zero-order valence-electron chi connectivity index (χ0n) is 23.8. The predicted molar refractivity (Wildman–Crippen MR) is 168 cm³/mol. The summed E-state index contributed by atoms with van der Waals surface area (Å²) in [5, 5.41) is 27.4. The number of β-lactam (4-membered cyclic amide) rings is 1. The van der Waals surface area contributed by atoms with Gasteiger partial charge in [-0.05, 0) is 11.1 Å². The molecular formula is C25H25N8NaO6S5. The summed E-state index contributed by atoms with van der Waals surface area (Å²) < 4.78 is 0.643. The van der Waals surface area contributed by atoms with E-state index < -0.39 is 41.3 Å². The molecule has 0 aromatic carbocycles. The van der Waals surface area contributed by atoms with Crippen LogP contribution in [0.5, 0.6) is 0 Å². The second-order valence-electron chi connectivity index (χ2n) is 9.81. The van der Waals surface area contributed by atoms with Crippen LogP contribution in [0.15, 0.2) is 49.5 Å². The Kier molecular flexibility index (Phi) is 11.7. The number of thioether (sulfide) groups is 4. The molecule has 5 aliphatic rings. The second kappa shape index (κ2) is 15.3. The fourth-order valence-corrected chi connectivity index (χ4v) is 10.6. The number of allylic oxidation sites excluding steroid dienone is 3. The molecular weight excluding hydrogens is 692 g/mol. The number of imide groups is 1. The molecule has 0 bridgehead atoms. The van der Waals surface area contributed by atoms with Crippen LogP contribution >= 0.6 is 58.4 Å². The van der Waals surface area contributed by atoms with Gasteiger partial charge in [0.15, 0.2) is 4.34 Å². The van der Waals surface area contributed by atoms with Crippen LogP contribution in [0.1, 0.15) is 12.8 Å². The number of aliphatic carboxylic acids is 1. The zero-order valence-corrected chi connectivity index (χ0v) is 29.9. The Bertz CT molecular complexity index is 1510. The number of carbonyl (C=O) groups is 5. The van der Waals surface area contributed by atoms with Crippen molar-refractivity contribution in [2.75, 3.05) is 36.1 Å². The summed E-state index contributed by atoms with van der Waals surface area (Å²) in [6.07, 6.45) is 3.86. The van der Waals surface area contributed by atoms with Crippen LogP contribution in [0.25, 0.3) is 0 Å². The Morgan fingerprint density at radius 3 is 2.69 bits per heavy atom. The van der Waals surface area contributed by atoms with Crippen molar-refractivity contribution in [1.29, 1.82) is 0 Å². The molecule has 0 spiro atoms. The quantitative estimate of drug-likeness (QED) is 0.140. The van der Waals surface area contributed by atoms with E-state index in [-0.39, 0.29) is 52.9 Å². The first-order valence-electron chi connectivity index (χ1n) is 13.4. The van der Waals surface area contributed by atoms with Gasteiger partial charge in [-0.1, -0.05) is 35.3 Å². The maximum atomic E-state index is 13.3. The number of aromatic nitrogens is 2. The van der Waals surface area contributed by atoms with E-state index in [4.69, 9.17) is 4.99 Å². The Hall–Kier alpha value is -2.00. The Labute approximate surface area is 300 Å². The van der Waals surface area contributed by atoms with Gasteiger partial charge in [-0.2, -0.15) is 0 Å². The molecule has 0 radical (unpaired) electrons. The number of nitrogens with one attached hydrogen (secondary N) is 3. The Morgan fingerprint density at radius 2 is 2.00 bits per heavy atom. The van der Waals surface area contributed by atoms with Crippen LogP contribution in [0.4, 0.5) is 9.59 Å². The van der Waals surface area contributed by atoms with E-state index in [0.29, 0.717) is 51.4 Å². The fourth-order valence-electron chi connectivity index (χ4n) is 5.04. The summed E-state index contributed by atoms with van der Waals surface area (Å²) in [5.74, 6) is 0.122. The zero-order chi connectivity index (χ0) is 30.8. The summed E-state index contributed by atoms with van der Waals surface area (Å²) in [6, 6.07) is -2.04. The molecule has 0 saturated carbocycles. The normalized spacial score (nSPS) is 24.0. The maximum absolute atomic E-state index is 13.3. The van der Waals surface area contributed by atoms with Crippen LogP contribution < -0.4 is 50.6 Å². The molecule has 1 aromatic heterocycles. The van der Waals surface area contributed by atoms with Crippen LogP contribution in [-0.4, -0.2) is 108 Å². The minimum absolute atomic E-state index is 0. The van der Waals surface area contributed by atoms with Crippen LogP contribution in [-0.2, 0) is 14.4 Å². The Morgan fingerprint density at radius 1 is 1.20 bits per heavy atom. The van der Waals surface area contributed by atoms with Crippen molar-refractivity contribution in [3.8, 4) is 0 Å². The number of hydrogen-bond acceptors (Lipinski definition) is 14. The molecule has 4 aliphatic heterocycles. The van der Waals surface area contributed by atoms with Gasteiger partial charge in [0.2, 0.25) is 5.91 Å². The van der Waals surface area contributed by atoms with Crippen LogP contribution in [0, 0.1) is 0 Å². The number of aliphatic imine (C=N–C) groups is 1. The second-order valence-corrected chi connectivity index (χ2v) is 15.6. The largest absolute Gasteiger partial charge is 1.00 e. The van der Waals surface area contributed by atoms with E-state index in [1.54, 1.807) is 35.1 Å². The van der Waals surface area contributed by atoms with E-state index in [2.05, 4.69) is 26.1 Å². The van der Waals surface area contributed by atoms with E-state index in [0.717, 1.165) is 16.4 Å². The van der Waals surface area contributed by atoms with Gasteiger partial charge in [0, 0.05) is 42.5 Å². The standard InChI is InChI=1S/C25H26N8O6S5.Na/c34-15(29-17-19(35)33-18(21(36)37)13(9-42-20(17)33)10-43-25-31-27-11-44-25)8-12-2-1-3-14(28-24-40-6-7-41-24)16(12)30-23(39)32-5-4-26-22(32)38;/h1-2,11,17,20,24H,3-10H2,(H,26,38)(H,29,34)(H,30,39)(H,36,37);/q;+1/p-1/t17?,20-;/m0./s1. The number of rotatable bonds is 9. The van der Waals surface area contributed by atoms with Gasteiger partial charge in [0.1, 0.15) is 21.6 Å². The first-order chi connectivity index (χ1) is 21.3. The minimum atomic E-state index is -1.45. The third kappa shape index (κ3) is 7.61. The average Bonchev–Trinajstić information content (AvgIpc) is 3.80. The predicted octanol–water partition coefficient (Wildman–Crippen LogP) is -2.42. The number of hydrogen-bond donors (Lipinski definition) is 3. The molecule has 5 heterocycles. The van der Waals surface area contributed by atoms with Gasteiger partial charge in [-0.3, -0.25) is 19.5 Å². The summed E-state index contributed by atoms with van der Waals surface area (Å²) in [7, 11) is 0. The number of fused-ring (bicyclic) bond motifs is 1. The molecule has 3 fully saturated rings. The third-order valence-electron chi connectivity index (χ3n) is 7.06. The number of nitrogens with zero attached hydrogens (tertiary/aromatic N) is 5. The summed E-state index contributed by atoms with van der Waals surface area (Å²) in [6.45, 7) is 0.565. The summed E-state index contributed by atoms with van der Waals surface area (Å²) in [5.41, 5.74) is 3.41.